The number of fused-ring (bicyclic) bond motifs is 3. The van der Waals surface area contributed by atoms with Gasteiger partial charge in [-0.25, -0.2) is 0 Å². The van der Waals surface area contributed by atoms with Gasteiger partial charge >= 0.3 is 0 Å². The third-order valence-electron chi connectivity index (χ3n) is 5.00. The second-order valence-corrected chi connectivity index (χ2v) is 6.86. The summed E-state index contributed by atoms with van der Waals surface area (Å²) in [6.45, 7) is 3.58. The molecule has 0 bridgehead atoms. The molecular formula is C19H19ClN2O. The number of likely N-dealkylation sites (tertiary alicyclic amines) is 1. The first-order valence-corrected chi connectivity index (χ1v) is 8.43. The largest absolute Gasteiger partial charge is 0.352 e. The summed E-state index contributed by atoms with van der Waals surface area (Å²) in [4.78, 5) is 14.7. The summed E-state index contributed by atoms with van der Waals surface area (Å²) >= 11 is 6.30. The predicted molar refractivity (Wildman–Crippen MR) is 91.7 cm³/mol. The van der Waals surface area contributed by atoms with Gasteiger partial charge in [-0.1, -0.05) is 48.0 Å². The van der Waals surface area contributed by atoms with E-state index in [4.69, 9.17) is 11.6 Å². The zero-order valence-electron chi connectivity index (χ0n) is 12.8. The van der Waals surface area contributed by atoms with Crippen molar-refractivity contribution in [3.05, 3.63) is 70.2 Å². The van der Waals surface area contributed by atoms with Crippen LogP contribution in [0.2, 0.25) is 5.02 Å². The van der Waals surface area contributed by atoms with Crippen LogP contribution in [0.3, 0.4) is 0 Å². The summed E-state index contributed by atoms with van der Waals surface area (Å²) in [5, 5.41) is 3.90. The van der Waals surface area contributed by atoms with Crippen LogP contribution in [-0.4, -0.2) is 30.4 Å². The van der Waals surface area contributed by atoms with Gasteiger partial charge < -0.3 is 5.32 Å². The lowest BCUT2D eigenvalue weighted by atomic mass is 9.87. The van der Waals surface area contributed by atoms with Crippen LogP contribution < -0.4 is 5.32 Å². The fourth-order valence-corrected chi connectivity index (χ4v) is 4.06. The van der Waals surface area contributed by atoms with Gasteiger partial charge in [0.1, 0.15) is 0 Å². The average Bonchev–Trinajstić information content (AvgIpc) is 2.92. The molecule has 0 radical (unpaired) electrons. The standard InChI is InChI=1S/C19H19ClN2O/c20-18-8-4-1-5-13(18)10-22-11-14-9-21-19(23)16-7-3-2-6-15(16)17(14)12-22/h1-8,14,17H,9-12H2,(H,21,23)/t14-,17-/m0/s1. The third-order valence-corrected chi connectivity index (χ3v) is 5.37. The highest BCUT2D eigenvalue weighted by atomic mass is 35.5. The predicted octanol–water partition coefficient (Wildman–Crippen LogP) is 3.30. The normalized spacial score (nSPS) is 23.8. The minimum Gasteiger partial charge on any atom is -0.352 e. The molecule has 0 spiro atoms. The summed E-state index contributed by atoms with van der Waals surface area (Å²) in [5.74, 6) is 0.936. The SMILES string of the molecule is O=C1NC[C@H]2CN(Cc3ccccc3Cl)C[C@@H]2c2ccccc21. The maximum absolute atomic E-state index is 12.2. The first-order valence-electron chi connectivity index (χ1n) is 8.05. The molecule has 118 valence electrons. The number of carbonyl (C=O) groups is 1. The Morgan fingerprint density at radius 1 is 1.09 bits per heavy atom. The first kappa shape index (κ1) is 14.7. The molecule has 2 aliphatic heterocycles. The molecule has 0 aliphatic carbocycles. The van der Waals surface area contributed by atoms with E-state index in [1.807, 2.05) is 36.4 Å². The lowest BCUT2D eigenvalue weighted by molar-refractivity contribution is 0.0951. The molecule has 2 aromatic rings. The molecular weight excluding hydrogens is 308 g/mol. The van der Waals surface area contributed by atoms with Crippen LogP contribution in [0.15, 0.2) is 48.5 Å². The number of benzene rings is 2. The van der Waals surface area contributed by atoms with Gasteiger partial charge in [0.25, 0.3) is 5.91 Å². The van der Waals surface area contributed by atoms with Crippen molar-refractivity contribution in [2.45, 2.75) is 12.5 Å². The maximum atomic E-state index is 12.2. The zero-order chi connectivity index (χ0) is 15.8. The van der Waals surface area contributed by atoms with E-state index in [2.05, 4.69) is 22.3 Å². The highest BCUT2D eigenvalue weighted by Crippen LogP contribution is 2.36. The number of nitrogens with one attached hydrogen (secondary N) is 1. The van der Waals surface area contributed by atoms with Gasteiger partial charge in [-0.2, -0.15) is 0 Å². The number of hydrogen-bond donors (Lipinski definition) is 1. The van der Waals surface area contributed by atoms with Crippen molar-refractivity contribution >= 4 is 17.5 Å². The van der Waals surface area contributed by atoms with E-state index in [9.17, 15) is 4.79 Å². The van der Waals surface area contributed by atoms with Gasteiger partial charge in [-0.3, -0.25) is 9.69 Å². The van der Waals surface area contributed by atoms with Crippen LogP contribution >= 0.6 is 11.6 Å². The second kappa shape index (κ2) is 5.99. The average molecular weight is 327 g/mol. The Kier molecular flexibility index (Phi) is 3.83. The number of rotatable bonds is 2. The molecule has 0 unspecified atom stereocenters. The molecule has 2 aliphatic rings. The maximum Gasteiger partial charge on any atom is 0.251 e. The van der Waals surface area contributed by atoms with Crippen LogP contribution in [-0.2, 0) is 6.54 Å². The van der Waals surface area contributed by atoms with E-state index in [0.717, 1.165) is 36.8 Å². The minimum atomic E-state index is 0.0626. The smallest absolute Gasteiger partial charge is 0.251 e. The Labute approximate surface area is 141 Å². The van der Waals surface area contributed by atoms with Crippen LogP contribution in [0.25, 0.3) is 0 Å². The molecule has 0 saturated carbocycles. The molecule has 2 heterocycles. The summed E-state index contributed by atoms with van der Waals surface area (Å²) in [7, 11) is 0. The van der Waals surface area contributed by atoms with Gasteiger partial charge in [0, 0.05) is 42.7 Å². The second-order valence-electron chi connectivity index (χ2n) is 6.45. The fraction of sp³-hybridized carbons (Fsp3) is 0.316. The molecule has 23 heavy (non-hydrogen) atoms. The Morgan fingerprint density at radius 2 is 1.87 bits per heavy atom. The quantitative estimate of drug-likeness (QED) is 0.918. The van der Waals surface area contributed by atoms with Crippen molar-refractivity contribution in [1.29, 1.82) is 0 Å². The minimum absolute atomic E-state index is 0.0626. The first-order chi connectivity index (χ1) is 11.2. The molecule has 4 heteroatoms. The van der Waals surface area contributed by atoms with Crippen LogP contribution in [0, 0.1) is 5.92 Å². The zero-order valence-corrected chi connectivity index (χ0v) is 13.6. The number of amides is 1. The van der Waals surface area contributed by atoms with Crippen molar-refractivity contribution in [3.8, 4) is 0 Å². The Hall–Kier alpha value is -1.84. The fourth-order valence-electron chi connectivity index (χ4n) is 3.86. The summed E-state index contributed by atoms with van der Waals surface area (Å²) in [5.41, 5.74) is 3.19. The highest BCUT2D eigenvalue weighted by molar-refractivity contribution is 6.31. The van der Waals surface area contributed by atoms with Crippen molar-refractivity contribution in [1.82, 2.24) is 10.2 Å². The van der Waals surface area contributed by atoms with E-state index in [1.54, 1.807) is 0 Å². The Balaban J connectivity index is 1.59. The van der Waals surface area contributed by atoms with Crippen molar-refractivity contribution in [3.63, 3.8) is 0 Å². The van der Waals surface area contributed by atoms with E-state index < -0.39 is 0 Å². The number of nitrogens with zero attached hydrogens (tertiary/aromatic N) is 1. The van der Waals surface area contributed by atoms with Crippen LogP contribution in [0.4, 0.5) is 0 Å². The van der Waals surface area contributed by atoms with Crippen molar-refractivity contribution in [2.75, 3.05) is 19.6 Å². The number of halogens is 1. The summed E-state index contributed by atoms with van der Waals surface area (Å²) < 4.78 is 0. The molecule has 0 aromatic heterocycles. The van der Waals surface area contributed by atoms with Gasteiger partial charge in [-0.05, 0) is 29.2 Å². The molecule has 3 nitrogen and oxygen atoms in total. The molecule has 2 aromatic carbocycles. The summed E-state index contributed by atoms with van der Waals surface area (Å²) in [6.07, 6.45) is 0. The van der Waals surface area contributed by atoms with Crippen molar-refractivity contribution < 1.29 is 4.79 Å². The van der Waals surface area contributed by atoms with Gasteiger partial charge in [0.15, 0.2) is 0 Å². The van der Waals surface area contributed by atoms with Crippen LogP contribution in [0.1, 0.15) is 27.4 Å². The molecule has 4 rings (SSSR count). The van der Waals surface area contributed by atoms with E-state index >= 15 is 0 Å². The lowest BCUT2D eigenvalue weighted by Gasteiger charge is -2.18. The summed E-state index contributed by atoms with van der Waals surface area (Å²) in [6, 6.07) is 16.0. The van der Waals surface area contributed by atoms with E-state index in [0.29, 0.717) is 11.8 Å². The van der Waals surface area contributed by atoms with Crippen molar-refractivity contribution in [2.24, 2.45) is 5.92 Å². The van der Waals surface area contributed by atoms with E-state index in [1.165, 1.54) is 11.1 Å². The Morgan fingerprint density at radius 3 is 2.74 bits per heavy atom. The van der Waals surface area contributed by atoms with Gasteiger partial charge in [0.2, 0.25) is 0 Å². The topological polar surface area (TPSA) is 32.3 Å². The molecule has 1 fully saturated rings. The third kappa shape index (κ3) is 2.75. The molecule has 2 atom stereocenters. The Bertz CT molecular complexity index is 746. The number of carbonyl (C=O) groups excluding carboxylic acids is 1. The lowest BCUT2D eigenvalue weighted by Crippen LogP contribution is -2.29. The van der Waals surface area contributed by atoms with Gasteiger partial charge in [0.05, 0.1) is 0 Å². The monoisotopic (exact) mass is 326 g/mol. The molecule has 1 saturated heterocycles. The van der Waals surface area contributed by atoms with Gasteiger partial charge in [-0.15, -0.1) is 0 Å². The number of hydrogen-bond acceptors (Lipinski definition) is 2. The molecule has 1 amide bonds. The van der Waals surface area contributed by atoms with Crippen LogP contribution in [0.5, 0.6) is 0 Å². The van der Waals surface area contributed by atoms with E-state index in [-0.39, 0.29) is 5.91 Å². The molecule has 1 N–H and O–H groups in total. The highest BCUT2D eigenvalue weighted by Gasteiger charge is 2.37.